The van der Waals surface area contributed by atoms with Gasteiger partial charge in [-0.3, -0.25) is 0 Å². The summed E-state index contributed by atoms with van der Waals surface area (Å²) in [5, 5.41) is 11.8. The molecule has 0 aliphatic rings. The summed E-state index contributed by atoms with van der Waals surface area (Å²) in [6.07, 6.45) is 1.37. The van der Waals surface area contributed by atoms with Crippen LogP contribution in [0.5, 0.6) is 5.75 Å². The molecule has 0 spiro atoms. The summed E-state index contributed by atoms with van der Waals surface area (Å²) in [6, 6.07) is 9.91. The van der Waals surface area contributed by atoms with Crippen molar-refractivity contribution in [1.82, 2.24) is 4.98 Å². The van der Waals surface area contributed by atoms with E-state index in [-0.39, 0.29) is 0 Å². The van der Waals surface area contributed by atoms with Crippen molar-refractivity contribution in [3.63, 3.8) is 0 Å². The third-order valence-corrected chi connectivity index (χ3v) is 2.34. The molecule has 1 heterocycles. The standard InChI is InChI=1S/C13H10FN3O/c1-18-12-6-9(8-15)2-3-11(12)17-10-4-5-16-13(14)7-10/h2-7H,1H3,(H,16,17). The van der Waals surface area contributed by atoms with Crippen LogP contribution < -0.4 is 10.1 Å². The zero-order chi connectivity index (χ0) is 13.0. The second-order valence-corrected chi connectivity index (χ2v) is 3.52. The molecule has 4 nitrogen and oxygen atoms in total. The number of nitriles is 1. The van der Waals surface area contributed by atoms with Crippen LogP contribution in [0.15, 0.2) is 36.5 Å². The Kier molecular flexibility index (Phi) is 3.39. The van der Waals surface area contributed by atoms with E-state index in [0.717, 1.165) is 0 Å². The lowest BCUT2D eigenvalue weighted by Crippen LogP contribution is -1.96. The summed E-state index contributed by atoms with van der Waals surface area (Å²) in [5.41, 5.74) is 1.71. The molecule has 2 aromatic rings. The maximum Gasteiger partial charge on any atom is 0.214 e. The van der Waals surface area contributed by atoms with Crippen LogP contribution >= 0.6 is 0 Å². The minimum atomic E-state index is -0.562. The molecular weight excluding hydrogens is 233 g/mol. The van der Waals surface area contributed by atoms with E-state index in [9.17, 15) is 4.39 Å². The molecule has 0 aliphatic carbocycles. The molecule has 90 valence electrons. The Morgan fingerprint density at radius 3 is 2.83 bits per heavy atom. The Morgan fingerprint density at radius 1 is 1.33 bits per heavy atom. The fourth-order valence-corrected chi connectivity index (χ4v) is 1.50. The molecule has 0 radical (unpaired) electrons. The molecule has 0 saturated carbocycles. The van der Waals surface area contributed by atoms with Crippen LogP contribution in [0.3, 0.4) is 0 Å². The number of ether oxygens (including phenoxy) is 1. The second kappa shape index (κ2) is 5.15. The highest BCUT2D eigenvalue weighted by Crippen LogP contribution is 2.28. The number of methoxy groups -OCH3 is 1. The first kappa shape index (κ1) is 11.9. The smallest absolute Gasteiger partial charge is 0.214 e. The van der Waals surface area contributed by atoms with E-state index in [2.05, 4.69) is 10.3 Å². The third-order valence-electron chi connectivity index (χ3n) is 2.34. The van der Waals surface area contributed by atoms with Gasteiger partial charge in [-0.15, -0.1) is 0 Å². The summed E-state index contributed by atoms with van der Waals surface area (Å²) in [6.45, 7) is 0. The van der Waals surface area contributed by atoms with E-state index < -0.39 is 5.95 Å². The SMILES string of the molecule is COc1cc(C#N)ccc1Nc1ccnc(F)c1. The molecule has 1 N–H and O–H groups in total. The van der Waals surface area contributed by atoms with Gasteiger partial charge in [0.1, 0.15) is 5.75 Å². The van der Waals surface area contributed by atoms with Gasteiger partial charge in [0, 0.05) is 24.0 Å². The number of nitrogens with zero attached hydrogens (tertiary/aromatic N) is 2. The highest BCUT2D eigenvalue weighted by atomic mass is 19.1. The van der Waals surface area contributed by atoms with Crippen molar-refractivity contribution in [2.45, 2.75) is 0 Å². The molecule has 0 bridgehead atoms. The van der Waals surface area contributed by atoms with Gasteiger partial charge in [-0.05, 0) is 18.2 Å². The van der Waals surface area contributed by atoms with E-state index in [4.69, 9.17) is 10.00 Å². The number of nitrogens with one attached hydrogen (secondary N) is 1. The first-order valence-corrected chi connectivity index (χ1v) is 5.19. The Labute approximate surface area is 104 Å². The van der Waals surface area contributed by atoms with Crippen LogP contribution in [-0.4, -0.2) is 12.1 Å². The monoisotopic (exact) mass is 243 g/mol. The second-order valence-electron chi connectivity index (χ2n) is 3.52. The Bertz CT molecular complexity index is 607. The highest BCUT2D eigenvalue weighted by molar-refractivity contribution is 5.67. The van der Waals surface area contributed by atoms with Crippen LogP contribution in [-0.2, 0) is 0 Å². The molecule has 0 saturated heterocycles. The lowest BCUT2D eigenvalue weighted by Gasteiger charge is -2.11. The van der Waals surface area contributed by atoms with Gasteiger partial charge in [0.2, 0.25) is 5.95 Å². The number of anilines is 2. The number of hydrogen-bond acceptors (Lipinski definition) is 4. The lowest BCUT2D eigenvalue weighted by molar-refractivity contribution is 0.416. The highest BCUT2D eigenvalue weighted by Gasteiger charge is 2.05. The van der Waals surface area contributed by atoms with Crippen molar-refractivity contribution in [3.05, 3.63) is 48.0 Å². The van der Waals surface area contributed by atoms with Gasteiger partial charge in [-0.2, -0.15) is 9.65 Å². The average Bonchev–Trinajstić information content (AvgIpc) is 2.39. The number of hydrogen-bond donors (Lipinski definition) is 1. The van der Waals surface area contributed by atoms with Crippen molar-refractivity contribution in [3.8, 4) is 11.8 Å². The molecule has 1 aromatic heterocycles. The van der Waals surface area contributed by atoms with E-state index in [1.807, 2.05) is 6.07 Å². The molecule has 0 aliphatic heterocycles. The van der Waals surface area contributed by atoms with Crippen LogP contribution in [0.4, 0.5) is 15.8 Å². The Hall–Kier alpha value is -2.61. The van der Waals surface area contributed by atoms with E-state index >= 15 is 0 Å². The van der Waals surface area contributed by atoms with Gasteiger partial charge >= 0.3 is 0 Å². The summed E-state index contributed by atoms with van der Waals surface area (Å²) >= 11 is 0. The largest absolute Gasteiger partial charge is 0.495 e. The maximum atomic E-state index is 12.9. The van der Waals surface area contributed by atoms with Gasteiger partial charge in [-0.25, -0.2) is 4.98 Å². The zero-order valence-corrected chi connectivity index (χ0v) is 9.64. The lowest BCUT2D eigenvalue weighted by atomic mass is 10.2. The van der Waals surface area contributed by atoms with Gasteiger partial charge in [0.05, 0.1) is 24.4 Å². The molecule has 2 rings (SSSR count). The minimum absolute atomic E-state index is 0.498. The van der Waals surface area contributed by atoms with Gasteiger partial charge in [0.25, 0.3) is 0 Å². The normalized spacial score (nSPS) is 9.61. The first-order valence-electron chi connectivity index (χ1n) is 5.19. The van der Waals surface area contributed by atoms with Crippen molar-refractivity contribution < 1.29 is 9.13 Å². The van der Waals surface area contributed by atoms with Gasteiger partial charge in [-0.1, -0.05) is 0 Å². The predicted molar refractivity (Wildman–Crippen MR) is 65.2 cm³/mol. The summed E-state index contributed by atoms with van der Waals surface area (Å²) < 4.78 is 18.1. The predicted octanol–water partition coefficient (Wildman–Crippen LogP) is 2.84. The van der Waals surface area contributed by atoms with E-state index in [1.165, 1.54) is 19.4 Å². The molecule has 18 heavy (non-hydrogen) atoms. The zero-order valence-electron chi connectivity index (χ0n) is 9.64. The fourth-order valence-electron chi connectivity index (χ4n) is 1.50. The van der Waals surface area contributed by atoms with E-state index in [0.29, 0.717) is 22.7 Å². The quantitative estimate of drug-likeness (QED) is 0.842. The van der Waals surface area contributed by atoms with Crippen molar-refractivity contribution >= 4 is 11.4 Å². The summed E-state index contributed by atoms with van der Waals surface area (Å²) in [4.78, 5) is 3.47. The van der Waals surface area contributed by atoms with Crippen molar-refractivity contribution in [2.75, 3.05) is 12.4 Å². The van der Waals surface area contributed by atoms with E-state index in [1.54, 1.807) is 24.3 Å². The topological polar surface area (TPSA) is 57.9 Å². The number of benzene rings is 1. The van der Waals surface area contributed by atoms with Gasteiger partial charge < -0.3 is 10.1 Å². The Morgan fingerprint density at radius 2 is 2.17 bits per heavy atom. The maximum absolute atomic E-state index is 12.9. The van der Waals surface area contributed by atoms with Crippen LogP contribution in [0, 0.1) is 17.3 Å². The van der Waals surface area contributed by atoms with Gasteiger partial charge in [0.15, 0.2) is 0 Å². The number of rotatable bonds is 3. The third kappa shape index (κ3) is 2.55. The molecule has 0 amide bonds. The molecule has 5 heteroatoms. The summed E-state index contributed by atoms with van der Waals surface area (Å²) in [5.74, 6) is -0.0427. The number of pyridine rings is 1. The number of halogens is 1. The molecule has 1 aromatic carbocycles. The molecule has 0 fully saturated rings. The van der Waals surface area contributed by atoms with Crippen LogP contribution in [0.25, 0.3) is 0 Å². The van der Waals surface area contributed by atoms with Crippen LogP contribution in [0.1, 0.15) is 5.56 Å². The average molecular weight is 243 g/mol. The minimum Gasteiger partial charge on any atom is -0.495 e. The first-order chi connectivity index (χ1) is 8.72. The van der Waals surface area contributed by atoms with Crippen LogP contribution in [0.2, 0.25) is 0 Å². The molecule has 0 atom stereocenters. The number of aromatic nitrogens is 1. The molecular formula is C13H10FN3O. The fraction of sp³-hybridized carbons (Fsp3) is 0.0769. The molecule has 0 unspecified atom stereocenters. The van der Waals surface area contributed by atoms with Crippen molar-refractivity contribution in [1.29, 1.82) is 5.26 Å². The Balaban J connectivity index is 2.32. The summed E-state index contributed by atoms with van der Waals surface area (Å²) in [7, 11) is 1.51. The van der Waals surface area contributed by atoms with Crippen molar-refractivity contribution in [2.24, 2.45) is 0 Å².